The van der Waals surface area contributed by atoms with Gasteiger partial charge in [-0.2, -0.15) is 5.01 Å². The molecule has 3 aromatic carbocycles. The van der Waals surface area contributed by atoms with Gasteiger partial charge >= 0.3 is 0 Å². The van der Waals surface area contributed by atoms with Crippen molar-refractivity contribution in [2.75, 3.05) is 5.01 Å². The summed E-state index contributed by atoms with van der Waals surface area (Å²) in [6.07, 6.45) is 0. The summed E-state index contributed by atoms with van der Waals surface area (Å²) in [6.45, 7) is 1.78. The first kappa shape index (κ1) is 18.3. The van der Waals surface area contributed by atoms with E-state index in [4.69, 9.17) is 0 Å². The highest BCUT2D eigenvalue weighted by Gasteiger charge is 2.29. The summed E-state index contributed by atoms with van der Waals surface area (Å²) in [6, 6.07) is 26.8. The molecule has 0 saturated heterocycles. The van der Waals surface area contributed by atoms with Gasteiger partial charge in [0.05, 0.1) is 5.69 Å². The van der Waals surface area contributed by atoms with Crippen LogP contribution < -0.4 is 5.01 Å². The van der Waals surface area contributed by atoms with Crippen LogP contribution in [-0.2, 0) is 0 Å². The van der Waals surface area contributed by atoms with Crippen LogP contribution in [0.4, 0.5) is 0 Å². The number of imide groups is 1. The van der Waals surface area contributed by atoms with Crippen LogP contribution in [0.15, 0.2) is 91.0 Å². The Kier molecular flexibility index (Phi) is 4.99. The molecule has 4 aromatic rings. The third kappa shape index (κ3) is 3.55. The first-order valence-electron chi connectivity index (χ1n) is 9.13. The molecule has 0 spiro atoms. The van der Waals surface area contributed by atoms with Crippen LogP contribution in [0.1, 0.15) is 26.4 Å². The quantitative estimate of drug-likeness (QED) is 0.503. The van der Waals surface area contributed by atoms with E-state index in [1.165, 1.54) is 4.79 Å². The molecule has 0 fully saturated rings. The van der Waals surface area contributed by atoms with E-state index in [-0.39, 0.29) is 0 Å². The van der Waals surface area contributed by atoms with E-state index < -0.39 is 11.8 Å². The molecule has 0 aliphatic heterocycles. The summed E-state index contributed by atoms with van der Waals surface area (Å²) in [7, 11) is 0. The number of nitrogens with zero attached hydrogens (tertiary/aromatic N) is 4. The van der Waals surface area contributed by atoms with Crippen molar-refractivity contribution >= 4 is 11.8 Å². The molecule has 0 saturated carbocycles. The van der Waals surface area contributed by atoms with Crippen LogP contribution in [0.2, 0.25) is 0 Å². The molecule has 0 aliphatic carbocycles. The Morgan fingerprint density at radius 1 is 0.724 bits per heavy atom. The zero-order valence-corrected chi connectivity index (χ0v) is 15.8. The van der Waals surface area contributed by atoms with E-state index in [2.05, 4.69) is 10.3 Å². The molecule has 4 rings (SSSR count). The Balaban J connectivity index is 1.82. The van der Waals surface area contributed by atoms with Crippen molar-refractivity contribution in [2.45, 2.75) is 6.92 Å². The number of carbonyl (C=O) groups excluding carboxylic acids is 2. The number of hydrogen-bond donors (Lipinski definition) is 0. The predicted molar refractivity (Wildman–Crippen MR) is 110 cm³/mol. The topological polar surface area (TPSA) is 68.1 Å². The predicted octanol–water partition coefficient (Wildman–Crippen LogP) is 3.87. The molecule has 1 heterocycles. The Labute approximate surface area is 168 Å². The van der Waals surface area contributed by atoms with Gasteiger partial charge in [0.15, 0.2) is 0 Å². The molecule has 6 heteroatoms. The molecule has 0 unspecified atom stereocenters. The van der Waals surface area contributed by atoms with Crippen molar-refractivity contribution in [1.82, 2.24) is 15.1 Å². The molecule has 1 aromatic heterocycles. The lowest BCUT2D eigenvalue weighted by molar-refractivity contribution is 0.0846. The maximum atomic E-state index is 13.3. The fourth-order valence-corrected chi connectivity index (χ4v) is 3.04. The molecule has 2 amide bonds. The average molecular weight is 382 g/mol. The van der Waals surface area contributed by atoms with Crippen LogP contribution in [0.25, 0.3) is 11.3 Å². The molecule has 6 nitrogen and oxygen atoms in total. The van der Waals surface area contributed by atoms with E-state index in [1.54, 1.807) is 55.5 Å². The van der Waals surface area contributed by atoms with Crippen LogP contribution >= 0.6 is 0 Å². The fourth-order valence-electron chi connectivity index (χ4n) is 3.04. The maximum Gasteiger partial charge on any atom is 0.281 e. The highest BCUT2D eigenvalue weighted by Crippen LogP contribution is 2.21. The first-order valence-corrected chi connectivity index (χ1v) is 9.13. The van der Waals surface area contributed by atoms with Gasteiger partial charge in [-0.1, -0.05) is 66.7 Å². The number of amides is 2. The lowest BCUT2D eigenvalue weighted by Crippen LogP contribution is -2.46. The van der Waals surface area contributed by atoms with E-state index in [0.29, 0.717) is 22.5 Å². The molecule has 29 heavy (non-hydrogen) atoms. The molecular formula is C23H18N4O2. The second-order valence-corrected chi connectivity index (χ2v) is 6.43. The van der Waals surface area contributed by atoms with Crippen molar-refractivity contribution in [3.8, 4) is 11.3 Å². The third-order valence-corrected chi connectivity index (χ3v) is 4.54. The number of hydrogen-bond acceptors (Lipinski definition) is 4. The van der Waals surface area contributed by atoms with Gasteiger partial charge in [0.25, 0.3) is 11.8 Å². The molecule has 0 radical (unpaired) electrons. The maximum absolute atomic E-state index is 13.3. The minimum absolute atomic E-state index is 0.382. The highest BCUT2D eigenvalue weighted by atomic mass is 16.2. The lowest BCUT2D eigenvalue weighted by Gasteiger charge is -2.21. The summed E-state index contributed by atoms with van der Waals surface area (Å²) in [5.74, 6) is -0.959. The summed E-state index contributed by atoms with van der Waals surface area (Å²) in [4.78, 5) is 27.8. The van der Waals surface area contributed by atoms with Crippen molar-refractivity contribution in [3.05, 3.63) is 108 Å². The normalized spacial score (nSPS) is 10.5. The number of rotatable bonds is 4. The number of carbonyl (C=O) groups is 2. The van der Waals surface area contributed by atoms with Gasteiger partial charge in [-0.15, -0.1) is 9.89 Å². The summed E-state index contributed by atoms with van der Waals surface area (Å²) in [5.41, 5.74) is 2.82. The standard InChI is InChI=1S/C23H18N4O2/c1-17-21(18-11-5-2-6-12-18)24-25-27(17)26(22(28)19-13-7-3-8-14-19)23(29)20-15-9-4-10-16-20/h2-16H,1H3. The van der Waals surface area contributed by atoms with Crippen LogP contribution in [-0.4, -0.2) is 26.9 Å². The average Bonchev–Trinajstić information content (AvgIpc) is 3.16. The van der Waals surface area contributed by atoms with Gasteiger partial charge in [-0.3, -0.25) is 9.59 Å². The smallest absolute Gasteiger partial charge is 0.267 e. The second-order valence-electron chi connectivity index (χ2n) is 6.43. The summed E-state index contributed by atoms with van der Waals surface area (Å²) >= 11 is 0. The molecule has 0 bridgehead atoms. The molecular weight excluding hydrogens is 364 g/mol. The minimum atomic E-state index is -0.480. The van der Waals surface area contributed by atoms with Crippen molar-refractivity contribution in [3.63, 3.8) is 0 Å². The van der Waals surface area contributed by atoms with E-state index in [1.807, 2.05) is 42.5 Å². The van der Waals surface area contributed by atoms with Crippen LogP contribution in [0, 0.1) is 6.92 Å². The summed E-state index contributed by atoms with van der Waals surface area (Å²) < 4.78 is 0. The zero-order valence-electron chi connectivity index (χ0n) is 15.8. The minimum Gasteiger partial charge on any atom is -0.267 e. The van der Waals surface area contributed by atoms with Gasteiger partial charge in [-0.05, 0) is 36.4 Å². The Bertz CT molecular complexity index is 1090. The van der Waals surface area contributed by atoms with Gasteiger partial charge in [0.2, 0.25) is 0 Å². The van der Waals surface area contributed by atoms with Crippen molar-refractivity contribution < 1.29 is 9.59 Å². The van der Waals surface area contributed by atoms with E-state index in [0.717, 1.165) is 10.6 Å². The molecule has 142 valence electrons. The zero-order chi connectivity index (χ0) is 20.2. The third-order valence-electron chi connectivity index (χ3n) is 4.54. The SMILES string of the molecule is Cc1c(-c2ccccc2)nnn1N(C(=O)c1ccccc1)C(=O)c1ccccc1. The van der Waals surface area contributed by atoms with Crippen molar-refractivity contribution in [2.24, 2.45) is 0 Å². The van der Waals surface area contributed by atoms with Crippen LogP contribution in [0.5, 0.6) is 0 Å². The van der Waals surface area contributed by atoms with Gasteiger partial charge in [0, 0.05) is 16.7 Å². The Morgan fingerprint density at radius 3 is 1.66 bits per heavy atom. The van der Waals surface area contributed by atoms with Crippen molar-refractivity contribution in [1.29, 1.82) is 0 Å². The second kappa shape index (κ2) is 7.90. The molecule has 0 N–H and O–H groups in total. The molecule has 0 aliphatic rings. The van der Waals surface area contributed by atoms with E-state index in [9.17, 15) is 9.59 Å². The van der Waals surface area contributed by atoms with Gasteiger partial charge in [0.1, 0.15) is 5.69 Å². The summed E-state index contributed by atoms with van der Waals surface area (Å²) in [5, 5.41) is 9.39. The van der Waals surface area contributed by atoms with Crippen LogP contribution in [0.3, 0.4) is 0 Å². The van der Waals surface area contributed by atoms with E-state index >= 15 is 0 Å². The fraction of sp³-hybridized carbons (Fsp3) is 0.0435. The Hall–Kier alpha value is -4.06. The lowest BCUT2D eigenvalue weighted by atomic mass is 10.1. The monoisotopic (exact) mass is 382 g/mol. The number of benzene rings is 3. The molecule has 0 atom stereocenters. The van der Waals surface area contributed by atoms with Gasteiger partial charge < -0.3 is 0 Å². The highest BCUT2D eigenvalue weighted by molar-refractivity contribution is 6.20. The Morgan fingerprint density at radius 2 is 1.17 bits per heavy atom. The number of aromatic nitrogens is 3. The largest absolute Gasteiger partial charge is 0.281 e. The van der Waals surface area contributed by atoms with Gasteiger partial charge in [-0.25, -0.2) is 0 Å². The first-order chi connectivity index (χ1) is 14.2.